The molecule has 0 spiro atoms. The largest absolute Gasteiger partial charge is 0.342 e. The minimum atomic E-state index is 0.255. The summed E-state index contributed by atoms with van der Waals surface area (Å²) in [4.78, 5) is 14.0. The van der Waals surface area contributed by atoms with Crippen molar-refractivity contribution in [2.75, 3.05) is 19.6 Å². The van der Waals surface area contributed by atoms with Crippen LogP contribution < -0.4 is 5.73 Å². The molecule has 1 amide bonds. The van der Waals surface area contributed by atoms with Gasteiger partial charge in [0.1, 0.15) is 0 Å². The minimum Gasteiger partial charge on any atom is -0.342 e. The highest BCUT2D eigenvalue weighted by Crippen LogP contribution is 2.17. The maximum Gasteiger partial charge on any atom is 0.222 e. The van der Waals surface area contributed by atoms with E-state index in [1.807, 2.05) is 17.0 Å². The fourth-order valence-electron chi connectivity index (χ4n) is 2.35. The highest BCUT2D eigenvalue weighted by molar-refractivity contribution is 9.10. The number of nitrogens with two attached hydrogens (primary N) is 1. The molecule has 98 valence electrons. The van der Waals surface area contributed by atoms with Crippen molar-refractivity contribution in [3.05, 3.63) is 34.3 Å². The van der Waals surface area contributed by atoms with Crippen molar-refractivity contribution >= 4 is 21.8 Å². The summed E-state index contributed by atoms with van der Waals surface area (Å²) in [7, 11) is 0. The van der Waals surface area contributed by atoms with Crippen LogP contribution in [0.25, 0.3) is 0 Å². The van der Waals surface area contributed by atoms with Crippen LogP contribution in [0, 0.1) is 5.92 Å². The molecule has 1 aromatic carbocycles. The van der Waals surface area contributed by atoms with Gasteiger partial charge in [0.15, 0.2) is 0 Å². The average Bonchev–Trinajstić information content (AvgIpc) is 2.85. The summed E-state index contributed by atoms with van der Waals surface area (Å²) in [6.07, 6.45) is 2.45. The van der Waals surface area contributed by atoms with Gasteiger partial charge < -0.3 is 10.6 Å². The second kappa shape index (κ2) is 6.34. The lowest BCUT2D eigenvalue weighted by Gasteiger charge is -2.16. The van der Waals surface area contributed by atoms with Gasteiger partial charge in [-0.2, -0.15) is 0 Å². The number of carbonyl (C=O) groups is 1. The number of amides is 1. The van der Waals surface area contributed by atoms with Crippen molar-refractivity contribution < 1.29 is 4.79 Å². The Hall–Kier alpha value is -0.870. The SMILES string of the molecule is NCC1CCN(C(=O)CCc2cccc(Br)c2)C1. The molecular formula is C14H19BrN2O. The van der Waals surface area contributed by atoms with E-state index in [9.17, 15) is 4.79 Å². The smallest absolute Gasteiger partial charge is 0.222 e. The summed E-state index contributed by atoms with van der Waals surface area (Å²) in [6.45, 7) is 2.41. The zero-order valence-corrected chi connectivity index (χ0v) is 12.0. The Kier molecular flexibility index (Phi) is 4.78. The molecule has 1 heterocycles. The van der Waals surface area contributed by atoms with Gasteiger partial charge in [0.25, 0.3) is 0 Å². The third kappa shape index (κ3) is 3.56. The molecule has 0 aliphatic carbocycles. The first-order chi connectivity index (χ1) is 8.69. The fourth-order valence-corrected chi connectivity index (χ4v) is 2.80. The van der Waals surface area contributed by atoms with Gasteiger partial charge in [0.05, 0.1) is 0 Å². The van der Waals surface area contributed by atoms with Crippen LogP contribution in [-0.4, -0.2) is 30.4 Å². The van der Waals surface area contributed by atoms with Crippen LogP contribution in [0.5, 0.6) is 0 Å². The first-order valence-corrected chi connectivity index (χ1v) is 7.20. The topological polar surface area (TPSA) is 46.3 Å². The minimum absolute atomic E-state index is 0.255. The van der Waals surface area contributed by atoms with E-state index in [-0.39, 0.29) is 5.91 Å². The highest BCUT2D eigenvalue weighted by atomic mass is 79.9. The maximum absolute atomic E-state index is 12.0. The van der Waals surface area contributed by atoms with Crippen molar-refractivity contribution in [2.24, 2.45) is 11.7 Å². The molecule has 3 nitrogen and oxygen atoms in total. The first kappa shape index (κ1) is 13.6. The second-order valence-corrected chi connectivity index (χ2v) is 5.78. The van der Waals surface area contributed by atoms with E-state index in [0.717, 1.165) is 30.4 Å². The standard InChI is InChI=1S/C14H19BrN2O/c15-13-3-1-2-11(8-13)4-5-14(18)17-7-6-12(9-16)10-17/h1-3,8,12H,4-7,9-10,16H2. The van der Waals surface area contributed by atoms with Gasteiger partial charge in [-0.15, -0.1) is 0 Å². The monoisotopic (exact) mass is 310 g/mol. The lowest BCUT2D eigenvalue weighted by Crippen LogP contribution is -2.29. The number of nitrogens with zero attached hydrogens (tertiary/aromatic N) is 1. The van der Waals surface area contributed by atoms with Gasteiger partial charge >= 0.3 is 0 Å². The highest BCUT2D eigenvalue weighted by Gasteiger charge is 2.24. The van der Waals surface area contributed by atoms with Crippen LogP contribution in [0.3, 0.4) is 0 Å². The molecule has 4 heteroatoms. The van der Waals surface area contributed by atoms with E-state index in [0.29, 0.717) is 18.9 Å². The van der Waals surface area contributed by atoms with Gasteiger partial charge in [0, 0.05) is 24.0 Å². The number of aryl methyl sites for hydroxylation is 1. The quantitative estimate of drug-likeness (QED) is 0.926. The van der Waals surface area contributed by atoms with Crippen molar-refractivity contribution in [2.45, 2.75) is 19.3 Å². The predicted octanol–water partition coefficient (Wildman–Crippen LogP) is 2.19. The predicted molar refractivity (Wildman–Crippen MR) is 76.2 cm³/mol. The third-order valence-corrected chi connectivity index (χ3v) is 3.98. The lowest BCUT2D eigenvalue weighted by molar-refractivity contribution is -0.130. The van der Waals surface area contributed by atoms with Crippen molar-refractivity contribution in [3.63, 3.8) is 0 Å². The van der Waals surface area contributed by atoms with Crippen molar-refractivity contribution in [3.8, 4) is 0 Å². The van der Waals surface area contributed by atoms with Crippen LogP contribution in [0.4, 0.5) is 0 Å². The summed E-state index contributed by atoms with van der Waals surface area (Å²) in [5.41, 5.74) is 6.84. The van der Waals surface area contributed by atoms with Gasteiger partial charge in [-0.25, -0.2) is 0 Å². The van der Waals surface area contributed by atoms with Crippen LogP contribution >= 0.6 is 15.9 Å². The number of hydrogen-bond acceptors (Lipinski definition) is 2. The molecule has 2 N–H and O–H groups in total. The second-order valence-electron chi connectivity index (χ2n) is 4.86. The fraction of sp³-hybridized carbons (Fsp3) is 0.500. The average molecular weight is 311 g/mol. The van der Waals surface area contributed by atoms with E-state index >= 15 is 0 Å². The summed E-state index contributed by atoms with van der Waals surface area (Å²) >= 11 is 3.44. The van der Waals surface area contributed by atoms with Crippen molar-refractivity contribution in [1.29, 1.82) is 0 Å². The summed E-state index contributed by atoms with van der Waals surface area (Å²) in [6, 6.07) is 8.13. The summed E-state index contributed by atoms with van der Waals surface area (Å²) in [5.74, 6) is 0.755. The maximum atomic E-state index is 12.0. The Morgan fingerprint density at radius 3 is 3.00 bits per heavy atom. The van der Waals surface area contributed by atoms with Gasteiger partial charge in [-0.05, 0) is 43.0 Å². The first-order valence-electron chi connectivity index (χ1n) is 6.41. The zero-order valence-electron chi connectivity index (χ0n) is 10.4. The molecule has 2 rings (SSSR count). The van der Waals surface area contributed by atoms with Crippen LogP contribution in [0.1, 0.15) is 18.4 Å². The van der Waals surface area contributed by atoms with Gasteiger partial charge in [-0.1, -0.05) is 28.1 Å². The number of carbonyl (C=O) groups excluding carboxylic acids is 1. The van der Waals surface area contributed by atoms with Crippen LogP contribution in [-0.2, 0) is 11.2 Å². The van der Waals surface area contributed by atoms with Crippen LogP contribution in [0.2, 0.25) is 0 Å². The molecule has 0 bridgehead atoms. The van der Waals surface area contributed by atoms with E-state index < -0.39 is 0 Å². The molecule has 1 aromatic rings. The molecule has 18 heavy (non-hydrogen) atoms. The molecule has 1 aliphatic rings. The molecule has 1 aliphatic heterocycles. The Morgan fingerprint density at radius 1 is 1.50 bits per heavy atom. The van der Waals surface area contributed by atoms with Crippen LogP contribution in [0.15, 0.2) is 28.7 Å². The van der Waals surface area contributed by atoms with E-state index in [2.05, 4.69) is 28.1 Å². The van der Waals surface area contributed by atoms with Gasteiger partial charge in [-0.3, -0.25) is 4.79 Å². The third-order valence-electron chi connectivity index (χ3n) is 3.49. The molecule has 1 atom stereocenters. The summed E-state index contributed by atoms with van der Waals surface area (Å²) < 4.78 is 1.07. The van der Waals surface area contributed by atoms with E-state index in [1.54, 1.807) is 0 Å². The van der Waals surface area contributed by atoms with Crippen molar-refractivity contribution in [1.82, 2.24) is 4.90 Å². The Labute approximate surface area is 116 Å². The van der Waals surface area contributed by atoms with E-state index in [1.165, 1.54) is 5.56 Å². The lowest BCUT2D eigenvalue weighted by atomic mass is 10.1. The normalized spacial score (nSPS) is 19.2. The Balaban J connectivity index is 1.82. The molecule has 1 unspecified atom stereocenters. The molecule has 0 saturated carbocycles. The molecule has 0 radical (unpaired) electrons. The van der Waals surface area contributed by atoms with E-state index in [4.69, 9.17) is 5.73 Å². The Bertz CT molecular complexity index is 422. The number of hydrogen-bond donors (Lipinski definition) is 1. The number of likely N-dealkylation sites (tertiary alicyclic amines) is 1. The number of rotatable bonds is 4. The molecule has 1 saturated heterocycles. The Morgan fingerprint density at radius 2 is 2.33 bits per heavy atom. The molecular weight excluding hydrogens is 292 g/mol. The number of benzene rings is 1. The van der Waals surface area contributed by atoms with Gasteiger partial charge in [0.2, 0.25) is 5.91 Å². The number of halogens is 1. The summed E-state index contributed by atoms with van der Waals surface area (Å²) in [5, 5.41) is 0. The zero-order chi connectivity index (χ0) is 13.0. The molecule has 0 aromatic heterocycles. The molecule has 1 fully saturated rings.